The minimum Gasteiger partial charge on any atom is -0.493 e. The van der Waals surface area contributed by atoms with Gasteiger partial charge in [0, 0.05) is 17.0 Å². The van der Waals surface area contributed by atoms with Gasteiger partial charge in [-0.3, -0.25) is 9.59 Å². The van der Waals surface area contributed by atoms with Crippen molar-refractivity contribution in [2.24, 2.45) is 0 Å². The summed E-state index contributed by atoms with van der Waals surface area (Å²) < 4.78 is 59.9. The molecule has 0 bridgehead atoms. The van der Waals surface area contributed by atoms with E-state index < -0.39 is 31.1 Å². The number of ether oxygens (including phenoxy) is 4. The summed E-state index contributed by atoms with van der Waals surface area (Å²) in [5.74, 6) is -0.186. The molecular weight excluding hydrogens is 419 g/mol. The third-order valence-corrected chi connectivity index (χ3v) is 4.65. The van der Waals surface area contributed by atoms with Crippen LogP contribution >= 0.6 is 0 Å². The summed E-state index contributed by atoms with van der Waals surface area (Å²) in [6, 6.07) is 4.51. The molecule has 0 unspecified atom stereocenters. The molecule has 7 nitrogen and oxygen atoms in total. The molecule has 0 N–H and O–H groups in total. The summed E-state index contributed by atoms with van der Waals surface area (Å²) in [5.41, 5.74) is 1.06. The first-order chi connectivity index (χ1) is 14.5. The largest absolute Gasteiger partial charge is 0.493 e. The highest BCUT2D eigenvalue weighted by molar-refractivity contribution is 5.99. The number of alkyl halides is 3. The Bertz CT molecular complexity index is 940. The molecule has 0 saturated carbocycles. The standard InChI is InChI=1S/C21H24F3NO6/c1-12-6-15(13(2)25(12)11-21(22,23)24)16(26)10-31-19(27)9-14-7-17(28-3)20(30-5)18(8-14)29-4/h6-8H,9-11H2,1-5H3. The second kappa shape index (κ2) is 9.76. The molecule has 0 spiro atoms. The van der Waals surface area contributed by atoms with Gasteiger partial charge in [0.2, 0.25) is 11.5 Å². The van der Waals surface area contributed by atoms with Crippen molar-refractivity contribution in [2.45, 2.75) is 33.0 Å². The van der Waals surface area contributed by atoms with Crippen LogP contribution in [0.4, 0.5) is 13.2 Å². The molecule has 0 radical (unpaired) electrons. The van der Waals surface area contributed by atoms with Crippen molar-refractivity contribution in [1.29, 1.82) is 0 Å². The van der Waals surface area contributed by atoms with Crippen LogP contribution in [0.25, 0.3) is 0 Å². The number of aryl methyl sites for hydroxylation is 1. The number of ketones is 1. The molecule has 0 aliphatic heterocycles. The predicted octanol–water partition coefficient (Wildman–Crippen LogP) is 3.66. The van der Waals surface area contributed by atoms with Gasteiger partial charge in [0.05, 0.1) is 27.8 Å². The molecule has 0 amide bonds. The molecule has 0 atom stereocenters. The zero-order chi connectivity index (χ0) is 23.3. The Kier molecular flexibility index (Phi) is 7.59. The molecule has 0 saturated heterocycles. The van der Waals surface area contributed by atoms with Crippen molar-refractivity contribution >= 4 is 11.8 Å². The van der Waals surface area contributed by atoms with Crippen LogP contribution in [0.1, 0.15) is 27.3 Å². The highest BCUT2D eigenvalue weighted by Crippen LogP contribution is 2.38. The number of rotatable bonds is 9. The van der Waals surface area contributed by atoms with E-state index in [1.54, 1.807) is 12.1 Å². The number of esters is 1. The molecule has 0 fully saturated rings. The molecule has 1 aromatic carbocycles. The van der Waals surface area contributed by atoms with Crippen molar-refractivity contribution in [3.05, 3.63) is 40.7 Å². The van der Waals surface area contributed by atoms with Crippen LogP contribution in [0.5, 0.6) is 17.2 Å². The Balaban J connectivity index is 2.07. The summed E-state index contributed by atoms with van der Waals surface area (Å²) in [6.07, 6.45) is -4.58. The lowest BCUT2D eigenvalue weighted by Crippen LogP contribution is -2.20. The van der Waals surface area contributed by atoms with E-state index in [0.29, 0.717) is 28.5 Å². The highest BCUT2D eigenvalue weighted by Gasteiger charge is 2.30. The molecule has 0 aliphatic rings. The van der Waals surface area contributed by atoms with Crippen molar-refractivity contribution in [2.75, 3.05) is 27.9 Å². The third kappa shape index (κ3) is 5.93. The van der Waals surface area contributed by atoms with E-state index >= 15 is 0 Å². The molecule has 0 aliphatic carbocycles. The quantitative estimate of drug-likeness (QED) is 0.435. The minimum atomic E-state index is -4.41. The second-order valence-corrected chi connectivity index (χ2v) is 6.78. The molecule has 2 rings (SSSR count). The zero-order valence-corrected chi connectivity index (χ0v) is 17.9. The van der Waals surface area contributed by atoms with Crippen LogP contribution in [-0.4, -0.2) is 50.4 Å². The Labute approximate surface area is 177 Å². The van der Waals surface area contributed by atoms with E-state index in [0.717, 1.165) is 4.57 Å². The number of aromatic nitrogens is 1. The van der Waals surface area contributed by atoms with Crippen molar-refractivity contribution in [3.8, 4) is 17.2 Å². The number of hydrogen-bond donors (Lipinski definition) is 0. The summed E-state index contributed by atoms with van der Waals surface area (Å²) in [5, 5.41) is 0. The van der Waals surface area contributed by atoms with Gasteiger partial charge in [0.15, 0.2) is 18.1 Å². The van der Waals surface area contributed by atoms with Crippen LogP contribution in [0.2, 0.25) is 0 Å². The lowest BCUT2D eigenvalue weighted by molar-refractivity contribution is -0.142. The SMILES string of the molecule is COc1cc(CC(=O)OCC(=O)c2cc(C)n(CC(F)(F)F)c2C)cc(OC)c1OC. The summed E-state index contributed by atoms with van der Waals surface area (Å²) >= 11 is 0. The van der Waals surface area contributed by atoms with E-state index in [1.165, 1.54) is 41.2 Å². The van der Waals surface area contributed by atoms with Crippen molar-refractivity contribution < 1.29 is 41.7 Å². The third-order valence-electron chi connectivity index (χ3n) is 4.65. The maximum absolute atomic E-state index is 12.7. The van der Waals surface area contributed by atoms with Crippen molar-refractivity contribution in [3.63, 3.8) is 0 Å². The van der Waals surface area contributed by atoms with Gasteiger partial charge in [-0.05, 0) is 37.6 Å². The average Bonchev–Trinajstić information content (AvgIpc) is 2.98. The fraction of sp³-hybridized carbons (Fsp3) is 0.429. The molecule has 1 heterocycles. The summed E-state index contributed by atoms with van der Waals surface area (Å²) in [4.78, 5) is 24.6. The first kappa shape index (κ1) is 24.1. The first-order valence-electron chi connectivity index (χ1n) is 9.21. The maximum Gasteiger partial charge on any atom is 0.406 e. The number of methoxy groups -OCH3 is 3. The van der Waals surface area contributed by atoms with E-state index in [2.05, 4.69) is 0 Å². The van der Waals surface area contributed by atoms with Crippen molar-refractivity contribution in [1.82, 2.24) is 4.57 Å². The van der Waals surface area contributed by atoms with Gasteiger partial charge in [-0.25, -0.2) is 0 Å². The highest BCUT2D eigenvalue weighted by atomic mass is 19.4. The van der Waals surface area contributed by atoms with Gasteiger partial charge in [0.25, 0.3) is 0 Å². The smallest absolute Gasteiger partial charge is 0.406 e. The predicted molar refractivity (Wildman–Crippen MR) is 105 cm³/mol. The normalized spacial score (nSPS) is 11.2. The van der Waals surface area contributed by atoms with E-state index in [1.807, 2.05) is 0 Å². The van der Waals surface area contributed by atoms with E-state index in [4.69, 9.17) is 18.9 Å². The topological polar surface area (TPSA) is 76.0 Å². The van der Waals surface area contributed by atoms with Crippen LogP contribution < -0.4 is 14.2 Å². The van der Waals surface area contributed by atoms with Gasteiger partial charge in [-0.1, -0.05) is 0 Å². The number of nitrogens with zero attached hydrogens (tertiary/aromatic N) is 1. The van der Waals surface area contributed by atoms with E-state index in [9.17, 15) is 22.8 Å². The molecular formula is C21H24F3NO6. The van der Waals surface area contributed by atoms with E-state index in [-0.39, 0.29) is 17.7 Å². The maximum atomic E-state index is 12.7. The monoisotopic (exact) mass is 443 g/mol. The number of carbonyl (C=O) groups is 2. The van der Waals surface area contributed by atoms with Gasteiger partial charge in [-0.2, -0.15) is 13.2 Å². The molecule has 31 heavy (non-hydrogen) atoms. The van der Waals surface area contributed by atoms with Crippen LogP contribution in [-0.2, 0) is 22.5 Å². The Morgan fingerprint density at radius 3 is 2.03 bits per heavy atom. The number of benzene rings is 1. The van der Waals surface area contributed by atoms with Crippen LogP contribution in [0, 0.1) is 13.8 Å². The number of hydrogen-bond acceptors (Lipinski definition) is 6. The lowest BCUT2D eigenvalue weighted by atomic mass is 10.1. The fourth-order valence-corrected chi connectivity index (χ4v) is 3.18. The molecule has 2 aromatic rings. The van der Waals surface area contributed by atoms with Gasteiger partial charge >= 0.3 is 12.1 Å². The number of Topliss-reactive ketones (excluding diaryl/α,β-unsaturated/α-hetero) is 1. The Morgan fingerprint density at radius 1 is 0.968 bits per heavy atom. The lowest BCUT2D eigenvalue weighted by Gasteiger charge is -2.14. The minimum absolute atomic E-state index is 0.0855. The Morgan fingerprint density at radius 2 is 1.55 bits per heavy atom. The van der Waals surface area contributed by atoms with Crippen LogP contribution in [0.3, 0.4) is 0 Å². The van der Waals surface area contributed by atoms with Crippen LogP contribution in [0.15, 0.2) is 18.2 Å². The number of halogens is 3. The number of carbonyl (C=O) groups excluding carboxylic acids is 2. The summed E-state index contributed by atoms with van der Waals surface area (Å²) in [7, 11) is 4.33. The molecule has 170 valence electrons. The molecule has 1 aromatic heterocycles. The van der Waals surface area contributed by atoms with Gasteiger partial charge in [-0.15, -0.1) is 0 Å². The van der Waals surface area contributed by atoms with Gasteiger partial charge < -0.3 is 23.5 Å². The summed E-state index contributed by atoms with van der Waals surface area (Å²) in [6.45, 7) is 1.12. The zero-order valence-electron chi connectivity index (χ0n) is 17.9. The Hall–Kier alpha value is -3.17. The first-order valence-corrected chi connectivity index (χ1v) is 9.21. The second-order valence-electron chi connectivity index (χ2n) is 6.78. The van der Waals surface area contributed by atoms with Gasteiger partial charge in [0.1, 0.15) is 6.54 Å². The molecule has 10 heteroatoms. The fourth-order valence-electron chi connectivity index (χ4n) is 3.18. The average molecular weight is 443 g/mol.